The molecule has 0 spiro atoms. The van der Waals surface area contributed by atoms with E-state index in [1.54, 1.807) is 10.8 Å². The lowest BCUT2D eigenvalue weighted by molar-refractivity contribution is 0.203. The fourth-order valence-corrected chi connectivity index (χ4v) is 3.38. The minimum absolute atomic E-state index is 0.140. The van der Waals surface area contributed by atoms with Gasteiger partial charge in [-0.15, -0.1) is 0 Å². The summed E-state index contributed by atoms with van der Waals surface area (Å²) in [5.74, 6) is 0.362. The van der Waals surface area contributed by atoms with Crippen molar-refractivity contribution >= 4 is 11.9 Å². The van der Waals surface area contributed by atoms with Gasteiger partial charge in [-0.1, -0.05) is 72.8 Å². The van der Waals surface area contributed by atoms with Gasteiger partial charge in [0.15, 0.2) is 5.75 Å². The Kier molecular flexibility index (Phi) is 6.03. The number of amides is 1. The largest absolute Gasteiger partial charge is 0.483 e. The van der Waals surface area contributed by atoms with Gasteiger partial charge < -0.3 is 9.84 Å². The third kappa shape index (κ3) is 4.54. The summed E-state index contributed by atoms with van der Waals surface area (Å²) in [7, 11) is 1.40. The zero-order valence-electron chi connectivity index (χ0n) is 17.5. The number of hydrogen-bond acceptors (Lipinski definition) is 3. The number of carboxylic acid groups (broad SMARTS) is 1. The maximum Gasteiger partial charge on any atom is 0.412 e. The highest BCUT2D eigenvalue weighted by atomic mass is 16.5. The number of anilines is 1. The summed E-state index contributed by atoms with van der Waals surface area (Å²) in [6, 6.07) is 28.4. The minimum Gasteiger partial charge on any atom is -0.483 e. The Morgan fingerprint density at radius 3 is 2.25 bits per heavy atom. The van der Waals surface area contributed by atoms with E-state index in [1.807, 2.05) is 84.9 Å². The Hall–Kier alpha value is -4.32. The van der Waals surface area contributed by atoms with Gasteiger partial charge in [-0.25, -0.2) is 4.79 Å². The molecule has 0 fully saturated rings. The van der Waals surface area contributed by atoms with Crippen LogP contribution in [0.4, 0.5) is 10.6 Å². The van der Waals surface area contributed by atoms with Gasteiger partial charge in [0.2, 0.25) is 5.43 Å². The predicted molar refractivity (Wildman–Crippen MR) is 125 cm³/mol. The monoisotopic (exact) mass is 426 g/mol. The standard InChI is InChI=1S/C26H22N2O4/c1-27(26(30)31)25-16-23(29)24(32-18-19-9-4-2-5-10-19)17-28(25)22-14-8-13-21(15-22)20-11-6-3-7-12-20/h2-17H,18H2,1H3,(H,30,31). The van der Waals surface area contributed by atoms with Gasteiger partial charge in [0.25, 0.3) is 0 Å². The molecule has 160 valence electrons. The molecule has 1 N–H and O–H groups in total. The van der Waals surface area contributed by atoms with Gasteiger partial charge in [-0.2, -0.15) is 0 Å². The van der Waals surface area contributed by atoms with Crippen molar-refractivity contribution in [2.45, 2.75) is 6.61 Å². The molecule has 1 amide bonds. The van der Waals surface area contributed by atoms with Crippen molar-refractivity contribution in [3.05, 3.63) is 113 Å². The first-order valence-corrected chi connectivity index (χ1v) is 10.1. The lowest BCUT2D eigenvalue weighted by atomic mass is 10.1. The molecule has 0 aliphatic rings. The summed E-state index contributed by atoms with van der Waals surface area (Å²) in [5.41, 5.74) is 3.25. The molecule has 4 aromatic rings. The molecule has 0 atom stereocenters. The Balaban J connectivity index is 1.78. The van der Waals surface area contributed by atoms with E-state index < -0.39 is 6.09 Å². The molecule has 32 heavy (non-hydrogen) atoms. The van der Waals surface area contributed by atoms with Crippen molar-refractivity contribution in [2.75, 3.05) is 11.9 Å². The molecule has 0 radical (unpaired) electrons. The van der Waals surface area contributed by atoms with Gasteiger partial charge >= 0.3 is 6.09 Å². The Morgan fingerprint density at radius 2 is 1.56 bits per heavy atom. The summed E-state index contributed by atoms with van der Waals surface area (Å²) in [6.45, 7) is 0.230. The second-order valence-corrected chi connectivity index (χ2v) is 7.26. The Bertz CT molecular complexity index is 1280. The van der Waals surface area contributed by atoms with Crippen molar-refractivity contribution in [2.24, 2.45) is 0 Å². The van der Waals surface area contributed by atoms with E-state index >= 15 is 0 Å². The van der Waals surface area contributed by atoms with E-state index in [-0.39, 0.29) is 23.6 Å². The molecule has 1 aromatic heterocycles. The SMILES string of the molecule is CN(C(=O)O)c1cc(=O)c(OCc2ccccc2)cn1-c1cccc(-c2ccccc2)c1. The molecule has 0 aliphatic heterocycles. The average Bonchev–Trinajstić information content (AvgIpc) is 2.84. The summed E-state index contributed by atoms with van der Waals surface area (Å²) in [6.07, 6.45) is 0.375. The predicted octanol–water partition coefficient (Wildman–Crippen LogP) is 5.20. The van der Waals surface area contributed by atoms with Crippen LogP contribution in [0.1, 0.15) is 5.56 Å². The second kappa shape index (κ2) is 9.22. The number of carbonyl (C=O) groups is 1. The van der Waals surface area contributed by atoms with Crippen molar-refractivity contribution in [1.29, 1.82) is 0 Å². The Morgan fingerprint density at radius 1 is 0.906 bits per heavy atom. The number of nitrogens with zero attached hydrogens (tertiary/aromatic N) is 2. The molecule has 0 unspecified atom stereocenters. The first kappa shape index (κ1) is 20.9. The zero-order valence-corrected chi connectivity index (χ0v) is 17.5. The smallest absolute Gasteiger partial charge is 0.412 e. The molecule has 0 bridgehead atoms. The van der Waals surface area contributed by atoms with Crippen molar-refractivity contribution in [3.63, 3.8) is 0 Å². The first-order valence-electron chi connectivity index (χ1n) is 10.1. The van der Waals surface area contributed by atoms with Crippen LogP contribution in [0.3, 0.4) is 0 Å². The van der Waals surface area contributed by atoms with Gasteiger partial charge in [-0.05, 0) is 28.8 Å². The van der Waals surface area contributed by atoms with E-state index in [2.05, 4.69) is 0 Å². The zero-order chi connectivity index (χ0) is 22.5. The maximum absolute atomic E-state index is 12.7. The number of aromatic nitrogens is 1. The molecule has 0 saturated heterocycles. The summed E-state index contributed by atoms with van der Waals surface area (Å²) >= 11 is 0. The fourth-order valence-electron chi connectivity index (χ4n) is 3.38. The van der Waals surface area contributed by atoms with Crippen LogP contribution in [-0.2, 0) is 6.61 Å². The number of rotatable bonds is 6. The van der Waals surface area contributed by atoms with Crippen LogP contribution in [0, 0.1) is 0 Å². The number of pyridine rings is 1. The third-order valence-corrected chi connectivity index (χ3v) is 5.10. The van der Waals surface area contributed by atoms with Crippen LogP contribution < -0.4 is 15.1 Å². The van der Waals surface area contributed by atoms with E-state index in [4.69, 9.17) is 4.74 Å². The highest BCUT2D eigenvalue weighted by Gasteiger charge is 2.17. The lowest BCUT2D eigenvalue weighted by Gasteiger charge is -2.21. The van der Waals surface area contributed by atoms with Gasteiger partial charge in [0.1, 0.15) is 12.4 Å². The van der Waals surface area contributed by atoms with Crippen molar-refractivity contribution in [1.82, 2.24) is 4.57 Å². The molecule has 0 aliphatic carbocycles. The normalized spacial score (nSPS) is 10.5. The fraction of sp³-hybridized carbons (Fsp3) is 0.0769. The van der Waals surface area contributed by atoms with Gasteiger partial charge in [0.05, 0.1) is 6.20 Å². The van der Waals surface area contributed by atoms with E-state index in [9.17, 15) is 14.7 Å². The topological polar surface area (TPSA) is 71.8 Å². The van der Waals surface area contributed by atoms with Crippen LogP contribution in [0.15, 0.2) is 102 Å². The summed E-state index contributed by atoms with van der Waals surface area (Å²) < 4.78 is 7.45. The van der Waals surface area contributed by atoms with Crippen molar-refractivity contribution < 1.29 is 14.6 Å². The quantitative estimate of drug-likeness (QED) is 0.460. The van der Waals surface area contributed by atoms with E-state index in [1.165, 1.54) is 13.1 Å². The average molecular weight is 426 g/mol. The minimum atomic E-state index is -1.17. The van der Waals surface area contributed by atoms with Crippen molar-refractivity contribution in [3.8, 4) is 22.6 Å². The second-order valence-electron chi connectivity index (χ2n) is 7.26. The maximum atomic E-state index is 12.7. The number of ether oxygens (including phenoxy) is 1. The summed E-state index contributed by atoms with van der Waals surface area (Å²) in [4.78, 5) is 25.4. The third-order valence-electron chi connectivity index (χ3n) is 5.10. The first-order chi connectivity index (χ1) is 15.5. The van der Waals surface area contributed by atoms with E-state index in [0.717, 1.165) is 21.6 Å². The molecule has 0 saturated carbocycles. The summed E-state index contributed by atoms with van der Waals surface area (Å²) in [5, 5.41) is 9.53. The number of benzene rings is 3. The molecular weight excluding hydrogens is 404 g/mol. The molecule has 1 heterocycles. The van der Waals surface area contributed by atoms with Crippen LogP contribution in [0.5, 0.6) is 5.75 Å². The van der Waals surface area contributed by atoms with Crippen LogP contribution in [0.25, 0.3) is 16.8 Å². The number of hydrogen-bond donors (Lipinski definition) is 1. The molecule has 6 heteroatoms. The highest BCUT2D eigenvalue weighted by molar-refractivity contribution is 5.84. The molecule has 3 aromatic carbocycles. The van der Waals surface area contributed by atoms with Crippen LogP contribution in [-0.4, -0.2) is 22.8 Å². The molecular formula is C26H22N2O4. The van der Waals surface area contributed by atoms with Crippen LogP contribution >= 0.6 is 0 Å². The van der Waals surface area contributed by atoms with Crippen LogP contribution in [0.2, 0.25) is 0 Å². The molecule has 4 rings (SSSR count). The molecule has 6 nitrogen and oxygen atoms in total. The van der Waals surface area contributed by atoms with E-state index in [0.29, 0.717) is 5.69 Å². The lowest BCUT2D eigenvalue weighted by Crippen LogP contribution is -2.28. The van der Waals surface area contributed by atoms with Gasteiger partial charge in [0, 0.05) is 18.8 Å². The Labute approximate surface area is 185 Å². The highest BCUT2D eigenvalue weighted by Crippen LogP contribution is 2.26. The van der Waals surface area contributed by atoms with Gasteiger partial charge in [-0.3, -0.25) is 14.3 Å².